The normalized spacial score (nSPS) is 15.9. The van der Waals surface area contributed by atoms with Crippen molar-refractivity contribution >= 4 is 17.1 Å². The molecular weight excluding hydrogens is 651 g/mol. The fourth-order valence-corrected chi connectivity index (χ4v) is 9.20. The predicted molar refractivity (Wildman–Crippen MR) is 230 cm³/mol. The summed E-state index contributed by atoms with van der Waals surface area (Å²) in [6.07, 6.45) is 2.37. The number of hydrogen-bond donors (Lipinski definition) is 0. The van der Waals surface area contributed by atoms with Gasteiger partial charge in [-0.15, -0.1) is 0 Å². The van der Waals surface area contributed by atoms with Gasteiger partial charge in [0.15, 0.2) is 0 Å². The van der Waals surface area contributed by atoms with Gasteiger partial charge in [-0.1, -0.05) is 169 Å². The van der Waals surface area contributed by atoms with Gasteiger partial charge in [0.1, 0.15) is 0 Å². The van der Waals surface area contributed by atoms with Gasteiger partial charge in [0.2, 0.25) is 0 Å². The number of benzene rings is 7. The Labute approximate surface area is 322 Å². The standard InChI is InChI=1S/C53H49N/c1-51(2)31-32-52(3,4)49-33-42(29-30-47(49)51)54(41-27-25-39(26-28-41)37-17-11-8-12-18-37)50-35-48-45(43-19-13-14-20-46(43)53(48,5)6)34-44(50)40-23-21-38(22-24-40)36-15-9-7-10-16-36/h7-30,33-35H,31-32H2,1-6H3. The third-order valence-corrected chi connectivity index (χ3v) is 12.6. The van der Waals surface area contributed by atoms with Crippen LogP contribution in [0.25, 0.3) is 44.5 Å². The molecule has 0 fully saturated rings. The Hall–Kier alpha value is -5.66. The first-order valence-electron chi connectivity index (χ1n) is 19.6. The molecule has 0 saturated carbocycles. The summed E-state index contributed by atoms with van der Waals surface area (Å²) in [6, 6.07) is 61.1. The van der Waals surface area contributed by atoms with Crippen LogP contribution in [0.1, 0.15) is 76.6 Å². The fraction of sp³-hybridized carbons (Fsp3) is 0.208. The minimum Gasteiger partial charge on any atom is -0.310 e. The first kappa shape index (κ1) is 34.1. The van der Waals surface area contributed by atoms with Gasteiger partial charge in [0.25, 0.3) is 0 Å². The highest BCUT2D eigenvalue weighted by Crippen LogP contribution is 2.54. The monoisotopic (exact) mass is 699 g/mol. The molecule has 0 heterocycles. The summed E-state index contributed by atoms with van der Waals surface area (Å²) in [6.45, 7) is 14.5. The summed E-state index contributed by atoms with van der Waals surface area (Å²) in [5, 5.41) is 0. The van der Waals surface area contributed by atoms with Gasteiger partial charge in [-0.25, -0.2) is 0 Å². The van der Waals surface area contributed by atoms with Crippen LogP contribution in [0, 0.1) is 0 Å². The second-order valence-electron chi connectivity index (χ2n) is 17.3. The zero-order valence-corrected chi connectivity index (χ0v) is 32.4. The smallest absolute Gasteiger partial charge is 0.0543 e. The minimum absolute atomic E-state index is 0.0847. The molecule has 0 spiro atoms. The van der Waals surface area contributed by atoms with E-state index in [1.165, 1.54) is 91.0 Å². The van der Waals surface area contributed by atoms with Crippen molar-refractivity contribution in [3.05, 3.63) is 186 Å². The summed E-state index contributed by atoms with van der Waals surface area (Å²) in [4.78, 5) is 2.53. The highest BCUT2D eigenvalue weighted by atomic mass is 15.1. The van der Waals surface area contributed by atoms with E-state index < -0.39 is 0 Å². The largest absolute Gasteiger partial charge is 0.310 e. The molecule has 0 bridgehead atoms. The van der Waals surface area contributed by atoms with E-state index in [0.29, 0.717) is 0 Å². The average molecular weight is 700 g/mol. The molecule has 0 aromatic heterocycles. The lowest BCUT2D eigenvalue weighted by Gasteiger charge is -2.42. The van der Waals surface area contributed by atoms with Crippen LogP contribution in [0.5, 0.6) is 0 Å². The molecule has 7 aromatic carbocycles. The van der Waals surface area contributed by atoms with E-state index >= 15 is 0 Å². The van der Waals surface area contributed by atoms with Crippen molar-refractivity contribution in [2.75, 3.05) is 4.90 Å². The Bertz CT molecular complexity index is 2480. The van der Waals surface area contributed by atoms with E-state index in [1.54, 1.807) is 0 Å². The van der Waals surface area contributed by atoms with E-state index in [1.807, 2.05) is 0 Å². The highest BCUT2D eigenvalue weighted by molar-refractivity contribution is 5.95. The van der Waals surface area contributed by atoms with Crippen molar-refractivity contribution in [1.82, 2.24) is 0 Å². The number of hydrogen-bond acceptors (Lipinski definition) is 1. The van der Waals surface area contributed by atoms with Crippen LogP contribution < -0.4 is 4.90 Å². The first-order valence-corrected chi connectivity index (χ1v) is 19.6. The topological polar surface area (TPSA) is 3.24 Å². The summed E-state index contributed by atoms with van der Waals surface area (Å²) in [5.74, 6) is 0. The highest BCUT2D eigenvalue weighted by Gasteiger charge is 2.39. The molecule has 0 saturated heterocycles. The van der Waals surface area contributed by atoms with Crippen molar-refractivity contribution in [3.63, 3.8) is 0 Å². The zero-order valence-electron chi connectivity index (χ0n) is 32.4. The van der Waals surface area contributed by atoms with Crippen molar-refractivity contribution in [3.8, 4) is 44.5 Å². The Morgan fingerprint density at radius 3 is 1.48 bits per heavy atom. The average Bonchev–Trinajstić information content (AvgIpc) is 3.42. The van der Waals surface area contributed by atoms with Gasteiger partial charge in [0, 0.05) is 22.4 Å². The molecule has 0 radical (unpaired) electrons. The molecule has 0 N–H and O–H groups in total. The van der Waals surface area contributed by atoms with Crippen LogP contribution in [0.15, 0.2) is 164 Å². The SMILES string of the molecule is CC1(C)CCC(C)(C)c2cc(N(c3ccc(-c4ccccc4)cc3)c3cc4c(cc3-c3ccc(-c5ccccc5)cc3)-c3ccccc3C4(C)C)ccc21. The Morgan fingerprint density at radius 2 is 0.852 bits per heavy atom. The summed E-state index contributed by atoms with van der Waals surface area (Å²) >= 11 is 0. The van der Waals surface area contributed by atoms with Crippen LogP contribution in [0.4, 0.5) is 17.1 Å². The zero-order chi connectivity index (χ0) is 37.2. The molecule has 0 amide bonds. The molecule has 0 unspecified atom stereocenters. The van der Waals surface area contributed by atoms with E-state index in [0.717, 1.165) is 5.69 Å². The molecule has 2 aliphatic rings. The van der Waals surface area contributed by atoms with Crippen molar-refractivity contribution < 1.29 is 0 Å². The maximum absolute atomic E-state index is 2.53. The van der Waals surface area contributed by atoms with Gasteiger partial charge >= 0.3 is 0 Å². The maximum atomic E-state index is 2.53. The van der Waals surface area contributed by atoms with Crippen LogP contribution in [0.2, 0.25) is 0 Å². The number of rotatable bonds is 6. The molecular formula is C53H49N. The van der Waals surface area contributed by atoms with Crippen molar-refractivity contribution in [2.45, 2.75) is 70.6 Å². The lowest BCUT2D eigenvalue weighted by atomic mass is 9.63. The van der Waals surface area contributed by atoms with Crippen LogP contribution >= 0.6 is 0 Å². The molecule has 54 heavy (non-hydrogen) atoms. The fourth-order valence-electron chi connectivity index (χ4n) is 9.20. The lowest BCUT2D eigenvalue weighted by Crippen LogP contribution is -2.34. The second kappa shape index (κ2) is 12.7. The van der Waals surface area contributed by atoms with Gasteiger partial charge in [0.05, 0.1) is 5.69 Å². The lowest BCUT2D eigenvalue weighted by molar-refractivity contribution is 0.332. The maximum Gasteiger partial charge on any atom is 0.0543 e. The van der Waals surface area contributed by atoms with E-state index in [4.69, 9.17) is 0 Å². The van der Waals surface area contributed by atoms with Crippen LogP contribution in [0.3, 0.4) is 0 Å². The molecule has 0 atom stereocenters. The van der Waals surface area contributed by atoms with Crippen molar-refractivity contribution in [1.29, 1.82) is 0 Å². The molecule has 1 nitrogen and oxygen atoms in total. The van der Waals surface area contributed by atoms with E-state index in [2.05, 4.69) is 210 Å². The first-order chi connectivity index (χ1) is 26.0. The summed E-state index contributed by atoms with van der Waals surface area (Å²) < 4.78 is 0. The Morgan fingerprint density at radius 1 is 0.352 bits per heavy atom. The molecule has 266 valence electrons. The molecule has 0 aliphatic heterocycles. The number of nitrogens with zero attached hydrogens (tertiary/aromatic N) is 1. The van der Waals surface area contributed by atoms with Gasteiger partial charge in [-0.2, -0.15) is 0 Å². The van der Waals surface area contributed by atoms with Gasteiger partial charge < -0.3 is 4.90 Å². The quantitative estimate of drug-likeness (QED) is 0.167. The van der Waals surface area contributed by atoms with Crippen LogP contribution in [-0.2, 0) is 16.2 Å². The van der Waals surface area contributed by atoms with Crippen molar-refractivity contribution in [2.24, 2.45) is 0 Å². The van der Waals surface area contributed by atoms with E-state index in [9.17, 15) is 0 Å². The molecule has 1 heteroatoms. The van der Waals surface area contributed by atoms with E-state index in [-0.39, 0.29) is 16.2 Å². The Kier molecular flexibility index (Phi) is 8.05. The third kappa shape index (κ3) is 5.69. The predicted octanol–water partition coefficient (Wildman–Crippen LogP) is 14.8. The molecule has 7 aromatic rings. The summed E-state index contributed by atoms with van der Waals surface area (Å²) in [5.41, 5.74) is 19.3. The Balaban J connectivity index is 1.30. The second-order valence-corrected chi connectivity index (χ2v) is 17.3. The summed E-state index contributed by atoms with van der Waals surface area (Å²) in [7, 11) is 0. The van der Waals surface area contributed by atoms with Gasteiger partial charge in [-0.3, -0.25) is 0 Å². The molecule has 2 aliphatic carbocycles. The molecule has 9 rings (SSSR count). The number of fused-ring (bicyclic) bond motifs is 4. The minimum atomic E-state index is -0.138. The number of anilines is 3. The van der Waals surface area contributed by atoms with Gasteiger partial charge in [-0.05, 0) is 121 Å². The third-order valence-electron chi connectivity index (χ3n) is 12.6. The van der Waals surface area contributed by atoms with Crippen LogP contribution in [-0.4, -0.2) is 0 Å².